The number of nitrogens with two attached hydrogens (primary N) is 1. The highest BCUT2D eigenvalue weighted by molar-refractivity contribution is 7.89. The van der Waals surface area contributed by atoms with E-state index < -0.39 is 22.2 Å². The minimum Gasteiger partial charge on any atom is -0.253 e. The molecule has 5 nitrogen and oxygen atoms in total. The van der Waals surface area contributed by atoms with Gasteiger partial charge in [-0.1, -0.05) is 0 Å². The standard InChI is InChI=1S/C10H10F3N3O2S/c11-10(12,13)9-5-6-15-16(9)7-1-3-8(4-2-7)19(14,17)18/h1-4,6,9H,5H2,(H2,14,17,18). The Morgan fingerprint density at radius 2 is 1.84 bits per heavy atom. The number of rotatable bonds is 2. The molecule has 1 aliphatic rings. The van der Waals surface area contributed by atoms with Gasteiger partial charge in [0.1, 0.15) is 0 Å². The van der Waals surface area contributed by atoms with E-state index in [0.717, 1.165) is 17.1 Å². The van der Waals surface area contributed by atoms with Crippen molar-refractivity contribution in [2.45, 2.75) is 23.5 Å². The van der Waals surface area contributed by atoms with Gasteiger partial charge in [-0.05, 0) is 24.3 Å². The summed E-state index contributed by atoms with van der Waals surface area (Å²) < 4.78 is 60.3. The fraction of sp³-hybridized carbons (Fsp3) is 0.300. The van der Waals surface area contributed by atoms with Crippen LogP contribution in [0.25, 0.3) is 0 Å². The van der Waals surface area contributed by atoms with Gasteiger partial charge in [-0.15, -0.1) is 0 Å². The van der Waals surface area contributed by atoms with Crippen molar-refractivity contribution in [2.75, 3.05) is 5.01 Å². The van der Waals surface area contributed by atoms with Gasteiger partial charge in [0, 0.05) is 12.6 Å². The van der Waals surface area contributed by atoms with Gasteiger partial charge in [-0.3, -0.25) is 5.01 Å². The van der Waals surface area contributed by atoms with Crippen molar-refractivity contribution in [3.63, 3.8) is 0 Å². The van der Waals surface area contributed by atoms with Crippen LogP contribution < -0.4 is 10.1 Å². The van der Waals surface area contributed by atoms with Gasteiger partial charge in [0.15, 0.2) is 6.04 Å². The van der Waals surface area contributed by atoms with E-state index in [1.807, 2.05) is 0 Å². The van der Waals surface area contributed by atoms with Gasteiger partial charge in [0.2, 0.25) is 10.0 Å². The zero-order chi connectivity index (χ0) is 14.3. The van der Waals surface area contributed by atoms with E-state index in [9.17, 15) is 21.6 Å². The zero-order valence-electron chi connectivity index (χ0n) is 9.50. The summed E-state index contributed by atoms with van der Waals surface area (Å²) in [6.45, 7) is 0. The fourth-order valence-corrected chi connectivity index (χ4v) is 2.24. The third-order valence-electron chi connectivity index (χ3n) is 2.64. The van der Waals surface area contributed by atoms with E-state index in [-0.39, 0.29) is 17.0 Å². The van der Waals surface area contributed by atoms with E-state index in [4.69, 9.17) is 5.14 Å². The van der Waals surface area contributed by atoms with E-state index in [1.165, 1.54) is 18.3 Å². The van der Waals surface area contributed by atoms with E-state index in [0.29, 0.717) is 0 Å². The maximum atomic E-state index is 12.7. The summed E-state index contributed by atoms with van der Waals surface area (Å²) in [5.74, 6) is 0. The predicted molar refractivity (Wildman–Crippen MR) is 63.2 cm³/mol. The van der Waals surface area contributed by atoms with Gasteiger partial charge >= 0.3 is 6.18 Å². The first-order valence-corrected chi connectivity index (χ1v) is 6.75. The van der Waals surface area contributed by atoms with Crippen LogP contribution in [0.5, 0.6) is 0 Å². The summed E-state index contributed by atoms with van der Waals surface area (Å²) >= 11 is 0. The fourth-order valence-electron chi connectivity index (χ4n) is 1.72. The Morgan fingerprint density at radius 1 is 1.26 bits per heavy atom. The molecule has 0 radical (unpaired) electrons. The Kier molecular flexibility index (Phi) is 3.27. The molecule has 1 aromatic rings. The predicted octanol–water partition coefficient (Wildman–Crippen LogP) is 1.46. The second-order valence-electron chi connectivity index (χ2n) is 3.97. The monoisotopic (exact) mass is 293 g/mol. The highest BCUT2D eigenvalue weighted by Crippen LogP contribution is 2.33. The molecule has 19 heavy (non-hydrogen) atoms. The second-order valence-corrected chi connectivity index (χ2v) is 5.54. The molecule has 0 saturated carbocycles. The number of sulfonamides is 1. The Morgan fingerprint density at radius 3 is 2.32 bits per heavy atom. The highest BCUT2D eigenvalue weighted by Gasteiger charge is 2.45. The number of primary sulfonamides is 1. The Bertz CT molecular complexity index is 595. The van der Waals surface area contributed by atoms with Gasteiger partial charge < -0.3 is 0 Å². The van der Waals surface area contributed by atoms with Crippen molar-refractivity contribution >= 4 is 21.9 Å². The number of anilines is 1. The van der Waals surface area contributed by atoms with Crippen LogP contribution in [0.1, 0.15) is 6.42 Å². The van der Waals surface area contributed by atoms with Gasteiger partial charge in [0.25, 0.3) is 0 Å². The number of benzene rings is 1. The largest absolute Gasteiger partial charge is 0.411 e. The van der Waals surface area contributed by atoms with Gasteiger partial charge in [-0.25, -0.2) is 13.6 Å². The number of hydrazone groups is 1. The number of hydrogen-bond acceptors (Lipinski definition) is 4. The third-order valence-corrected chi connectivity index (χ3v) is 3.57. The molecular formula is C10H10F3N3O2S. The molecular weight excluding hydrogens is 283 g/mol. The minimum absolute atomic E-state index is 0.156. The van der Waals surface area contributed by atoms with Crippen molar-refractivity contribution in [1.29, 1.82) is 0 Å². The summed E-state index contributed by atoms with van der Waals surface area (Å²) in [6, 6.07) is 3.04. The van der Waals surface area contributed by atoms with Crippen LogP contribution in [0.15, 0.2) is 34.3 Å². The topological polar surface area (TPSA) is 75.8 Å². The number of alkyl halides is 3. The summed E-state index contributed by atoms with van der Waals surface area (Å²) in [5, 5.41) is 9.37. The van der Waals surface area contributed by atoms with Crippen molar-refractivity contribution in [2.24, 2.45) is 10.2 Å². The number of nitrogens with zero attached hydrogens (tertiary/aromatic N) is 2. The molecule has 1 aliphatic heterocycles. The lowest BCUT2D eigenvalue weighted by atomic mass is 10.2. The van der Waals surface area contributed by atoms with E-state index in [1.54, 1.807) is 0 Å². The molecule has 1 atom stereocenters. The molecule has 0 spiro atoms. The third kappa shape index (κ3) is 2.87. The quantitative estimate of drug-likeness (QED) is 0.897. The summed E-state index contributed by atoms with van der Waals surface area (Å²) in [6.07, 6.45) is -3.47. The first-order chi connectivity index (χ1) is 8.69. The SMILES string of the molecule is NS(=O)(=O)c1ccc(N2N=CCC2C(F)(F)F)cc1. The molecule has 1 unspecified atom stereocenters. The number of halogens is 3. The van der Waals surface area contributed by atoms with Gasteiger partial charge in [-0.2, -0.15) is 18.3 Å². The minimum atomic E-state index is -4.41. The molecule has 0 fully saturated rings. The number of hydrogen-bond donors (Lipinski definition) is 1. The first kappa shape index (κ1) is 13.8. The summed E-state index contributed by atoms with van der Waals surface area (Å²) in [7, 11) is -3.86. The van der Waals surface area contributed by atoms with Crippen molar-refractivity contribution < 1.29 is 21.6 Å². The van der Waals surface area contributed by atoms with Crippen LogP contribution in [-0.2, 0) is 10.0 Å². The molecule has 0 bridgehead atoms. The average Bonchev–Trinajstić information content (AvgIpc) is 2.76. The molecule has 0 amide bonds. The van der Waals surface area contributed by atoms with E-state index in [2.05, 4.69) is 5.10 Å². The lowest BCUT2D eigenvalue weighted by Crippen LogP contribution is -2.40. The smallest absolute Gasteiger partial charge is 0.253 e. The van der Waals surface area contributed by atoms with Crippen LogP contribution in [-0.4, -0.2) is 26.9 Å². The lowest BCUT2D eigenvalue weighted by molar-refractivity contribution is -0.145. The molecule has 0 aromatic heterocycles. The lowest BCUT2D eigenvalue weighted by Gasteiger charge is -2.25. The molecule has 0 aliphatic carbocycles. The molecule has 9 heteroatoms. The van der Waals surface area contributed by atoms with Crippen LogP contribution in [0.3, 0.4) is 0 Å². The van der Waals surface area contributed by atoms with Crippen LogP contribution in [0.4, 0.5) is 18.9 Å². The van der Waals surface area contributed by atoms with E-state index >= 15 is 0 Å². The first-order valence-electron chi connectivity index (χ1n) is 5.21. The molecule has 104 valence electrons. The zero-order valence-corrected chi connectivity index (χ0v) is 10.3. The maximum Gasteiger partial charge on any atom is 0.411 e. The van der Waals surface area contributed by atoms with Crippen molar-refractivity contribution in [3.05, 3.63) is 24.3 Å². The Hall–Kier alpha value is -1.61. The molecule has 1 aromatic carbocycles. The van der Waals surface area contributed by atoms with Crippen LogP contribution in [0, 0.1) is 0 Å². The van der Waals surface area contributed by atoms with Crippen molar-refractivity contribution in [3.8, 4) is 0 Å². The van der Waals surface area contributed by atoms with Gasteiger partial charge in [0.05, 0.1) is 10.6 Å². The Labute approximate surface area is 107 Å². The van der Waals surface area contributed by atoms with Crippen LogP contribution >= 0.6 is 0 Å². The van der Waals surface area contributed by atoms with Crippen LogP contribution in [0.2, 0.25) is 0 Å². The molecule has 1 heterocycles. The summed E-state index contributed by atoms with van der Waals surface area (Å²) in [5.41, 5.74) is 0.156. The molecule has 2 rings (SSSR count). The normalized spacial score (nSPS) is 20.0. The maximum absolute atomic E-state index is 12.7. The second kappa shape index (κ2) is 4.49. The average molecular weight is 293 g/mol. The molecule has 2 N–H and O–H groups in total. The highest BCUT2D eigenvalue weighted by atomic mass is 32.2. The molecule has 0 saturated heterocycles. The summed E-state index contributed by atoms with van der Waals surface area (Å²) in [4.78, 5) is -0.164. The van der Waals surface area contributed by atoms with Crippen molar-refractivity contribution in [1.82, 2.24) is 0 Å². The Balaban J connectivity index is 2.30.